The number of halogens is 1. The maximum absolute atomic E-state index is 14.8. The van der Waals surface area contributed by atoms with Crippen LogP contribution in [0, 0.1) is 11.7 Å². The van der Waals surface area contributed by atoms with Crippen LogP contribution in [0.4, 0.5) is 15.3 Å². The molecule has 9 heteroatoms. The Bertz CT molecular complexity index is 1270. The van der Waals surface area contributed by atoms with Gasteiger partial charge in [0.2, 0.25) is 5.13 Å². The average Bonchev–Trinajstić information content (AvgIpc) is 3.56. The topological polar surface area (TPSA) is 71.8 Å². The van der Waals surface area contributed by atoms with E-state index in [1.54, 1.807) is 29.7 Å². The highest BCUT2D eigenvalue weighted by atomic mass is 32.1. The van der Waals surface area contributed by atoms with Gasteiger partial charge in [-0.25, -0.2) is 14.4 Å². The van der Waals surface area contributed by atoms with Crippen molar-refractivity contribution in [1.29, 1.82) is 0 Å². The zero-order chi connectivity index (χ0) is 21.7. The smallest absolute Gasteiger partial charge is 0.208 e. The first-order chi connectivity index (χ1) is 15.7. The molecule has 0 spiro atoms. The highest BCUT2D eigenvalue weighted by molar-refractivity contribution is 7.18. The minimum Gasteiger partial charge on any atom is -0.373 e. The summed E-state index contributed by atoms with van der Waals surface area (Å²) in [5.74, 6) is 1.04. The predicted octanol–water partition coefficient (Wildman–Crippen LogP) is 4.46. The molecule has 2 aliphatic rings. The molecule has 1 atom stereocenters. The first kappa shape index (κ1) is 19.4. The van der Waals surface area contributed by atoms with Gasteiger partial charge >= 0.3 is 0 Å². The number of nitrogens with zero attached hydrogens (tertiary/aromatic N) is 6. The van der Waals surface area contributed by atoms with E-state index in [0.29, 0.717) is 5.92 Å². The minimum absolute atomic E-state index is 0.00705. The third kappa shape index (κ3) is 3.07. The number of aromatic nitrogens is 5. The Morgan fingerprint density at radius 2 is 2.03 bits per heavy atom. The van der Waals surface area contributed by atoms with Crippen LogP contribution in [0.2, 0.25) is 0 Å². The van der Waals surface area contributed by atoms with E-state index < -0.39 is 0 Å². The number of benzene rings is 1. The molecule has 1 saturated heterocycles. The van der Waals surface area contributed by atoms with Crippen molar-refractivity contribution in [2.24, 2.45) is 5.92 Å². The molecule has 1 fully saturated rings. The van der Waals surface area contributed by atoms with Crippen LogP contribution in [-0.4, -0.2) is 44.9 Å². The minimum atomic E-state index is -0.120. The van der Waals surface area contributed by atoms with Gasteiger partial charge in [-0.2, -0.15) is 0 Å². The van der Waals surface area contributed by atoms with Gasteiger partial charge in [-0.1, -0.05) is 23.5 Å². The number of rotatable bonds is 4. The molecule has 3 aromatic heterocycles. The number of fused-ring (bicyclic) bond motifs is 3. The summed E-state index contributed by atoms with van der Waals surface area (Å²) in [4.78, 5) is 10.9. The van der Waals surface area contributed by atoms with Gasteiger partial charge in [-0.3, -0.25) is 0 Å². The largest absolute Gasteiger partial charge is 0.373 e. The molecule has 6 rings (SSSR count). The Morgan fingerprint density at radius 3 is 2.88 bits per heavy atom. The van der Waals surface area contributed by atoms with Crippen LogP contribution in [0.15, 0.2) is 49.1 Å². The molecule has 0 aliphatic carbocycles. The lowest BCUT2D eigenvalue weighted by molar-refractivity contribution is 0.311. The lowest BCUT2D eigenvalue weighted by Crippen LogP contribution is -2.36. The first-order valence-electron chi connectivity index (χ1n) is 10.8. The molecule has 2 aliphatic heterocycles. The number of imidazole rings is 1. The van der Waals surface area contributed by atoms with Gasteiger partial charge in [0.25, 0.3) is 0 Å². The summed E-state index contributed by atoms with van der Waals surface area (Å²) < 4.78 is 17.0. The van der Waals surface area contributed by atoms with E-state index in [4.69, 9.17) is 0 Å². The summed E-state index contributed by atoms with van der Waals surface area (Å²) in [5.41, 5.74) is 3.81. The molecular formula is C23H22FN7S. The molecule has 0 bridgehead atoms. The highest BCUT2D eigenvalue weighted by Gasteiger charge is 2.38. The summed E-state index contributed by atoms with van der Waals surface area (Å²) in [7, 11) is 1.85. The quantitative estimate of drug-likeness (QED) is 0.498. The van der Waals surface area contributed by atoms with Gasteiger partial charge in [0.05, 0.1) is 24.3 Å². The maximum Gasteiger partial charge on any atom is 0.208 e. The standard InChI is InChI=1S/C23H22FN7S/c1-25-19-11-15(5-8-27-19)22-28-29-23(32-22)30-9-6-14(7-10-30)21-20-16(3-2-4-17(20)24)18-12-26-13-31(18)21/h2-5,8,11-14,21H,6-7,9-10H2,1H3,(H,25,27). The molecule has 0 radical (unpaired) electrons. The van der Waals surface area contributed by atoms with Crippen LogP contribution >= 0.6 is 11.3 Å². The molecule has 7 nitrogen and oxygen atoms in total. The van der Waals surface area contributed by atoms with Crippen molar-refractivity contribution in [1.82, 2.24) is 24.7 Å². The number of pyridine rings is 1. The zero-order valence-electron chi connectivity index (χ0n) is 17.6. The molecule has 1 N–H and O–H groups in total. The summed E-state index contributed by atoms with van der Waals surface area (Å²) in [6.07, 6.45) is 7.39. The van der Waals surface area contributed by atoms with Crippen molar-refractivity contribution in [3.8, 4) is 21.8 Å². The van der Waals surface area contributed by atoms with Crippen LogP contribution in [0.25, 0.3) is 21.8 Å². The lowest BCUT2D eigenvalue weighted by atomic mass is 9.85. The Kier molecular flexibility index (Phi) is 4.64. The Labute approximate surface area is 189 Å². The van der Waals surface area contributed by atoms with Gasteiger partial charge in [-0.05, 0) is 37.0 Å². The predicted molar refractivity (Wildman–Crippen MR) is 123 cm³/mol. The third-order valence-electron chi connectivity index (χ3n) is 6.52. The van der Waals surface area contributed by atoms with E-state index in [9.17, 15) is 4.39 Å². The van der Waals surface area contributed by atoms with Crippen LogP contribution in [-0.2, 0) is 0 Å². The molecule has 162 valence electrons. The fourth-order valence-corrected chi connectivity index (χ4v) is 5.86. The fraction of sp³-hybridized carbons (Fsp3) is 0.304. The Balaban J connectivity index is 1.21. The second-order valence-corrected chi connectivity index (χ2v) is 9.18. The van der Waals surface area contributed by atoms with Crippen LogP contribution in [0.5, 0.6) is 0 Å². The number of hydrogen-bond acceptors (Lipinski definition) is 7. The molecule has 0 saturated carbocycles. The first-order valence-corrected chi connectivity index (χ1v) is 11.6. The van der Waals surface area contributed by atoms with E-state index in [1.165, 1.54) is 0 Å². The molecule has 1 aromatic carbocycles. The maximum atomic E-state index is 14.8. The van der Waals surface area contributed by atoms with E-state index in [0.717, 1.165) is 64.3 Å². The molecule has 5 heterocycles. The lowest BCUT2D eigenvalue weighted by Gasteiger charge is -2.35. The molecule has 1 unspecified atom stereocenters. The Hall–Kier alpha value is -3.33. The van der Waals surface area contributed by atoms with Crippen molar-refractivity contribution >= 4 is 22.3 Å². The number of anilines is 2. The second-order valence-electron chi connectivity index (χ2n) is 8.23. The van der Waals surface area contributed by atoms with Crippen LogP contribution < -0.4 is 10.2 Å². The molecule has 32 heavy (non-hydrogen) atoms. The van der Waals surface area contributed by atoms with Crippen LogP contribution in [0.1, 0.15) is 24.4 Å². The Morgan fingerprint density at radius 1 is 1.16 bits per heavy atom. The SMILES string of the molecule is CNc1cc(-c2nnc(N3CCC(C4c5c(F)cccc5-c5cncn54)CC3)s2)ccn1. The number of piperidine rings is 1. The van der Waals surface area contributed by atoms with Crippen LogP contribution in [0.3, 0.4) is 0 Å². The van der Waals surface area contributed by atoms with Crippen molar-refractivity contribution in [2.75, 3.05) is 30.4 Å². The van der Waals surface area contributed by atoms with Gasteiger partial charge < -0.3 is 14.8 Å². The van der Waals surface area contributed by atoms with Crippen molar-refractivity contribution in [3.63, 3.8) is 0 Å². The fourth-order valence-electron chi connectivity index (χ4n) is 4.96. The van der Waals surface area contributed by atoms with Crippen molar-refractivity contribution in [2.45, 2.75) is 18.9 Å². The van der Waals surface area contributed by atoms with Gasteiger partial charge in [0.15, 0.2) is 0 Å². The van der Waals surface area contributed by atoms with Gasteiger partial charge in [-0.15, -0.1) is 10.2 Å². The molecule has 0 amide bonds. The molecular weight excluding hydrogens is 425 g/mol. The normalized spacial score (nSPS) is 17.9. The van der Waals surface area contributed by atoms with E-state index in [1.807, 2.05) is 37.8 Å². The summed E-state index contributed by atoms with van der Waals surface area (Å²) in [5, 5.41) is 13.7. The zero-order valence-corrected chi connectivity index (χ0v) is 18.4. The number of nitrogens with one attached hydrogen (secondary N) is 1. The second kappa shape index (κ2) is 7.67. The van der Waals surface area contributed by atoms with Gasteiger partial charge in [0.1, 0.15) is 16.6 Å². The highest BCUT2D eigenvalue weighted by Crippen LogP contribution is 2.47. The van der Waals surface area contributed by atoms with Crippen molar-refractivity contribution < 1.29 is 4.39 Å². The number of hydrogen-bond donors (Lipinski definition) is 1. The van der Waals surface area contributed by atoms with E-state index in [-0.39, 0.29) is 11.9 Å². The van der Waals surface area contributed by atoms with E-state index >= 15 is 0 Å². The monoisotopic (exact) mass is 447 g/mol. The summed E-state index contributed by atoms with van der Waals surface area (Å²) in [6, 6.07) is 9.29. The summed E-state index contributed by atoms with van der Waals surface area (Å²) in [6.45, 7) is 1.75. The molecule has 4 aromatic rings. The van der Waals surface area contributed by atoms with Crippen molar-refractivity contribution in [3.05, 3.63) is 60.4 Å². The third-order valence-corrected chi connectivity index (χ3v) is 7.56. The van der Waals surface area contributed by atoms with Gasteiger partial charge in [0, 0.05) is 43.0 Å². The average molecular weight is 448 g/mol. The van der Waals surface area contributed by atoms with E-state index in [2.05, 4.69) is 34.9 Å². The summed E-state index contributed by atoms with van der Waals surface area (Å²) >= 11 is 1.60.